The molecule has 1 N–H and O–H groups in total. The third-order valence-electron chi connectivity index (χ3n) is 4.79. The molecule has 1 saturated heterocycles. The van der Waals surface area contributed by atoms with Gasteiger partial charge < -0.3 is 5.32 Å². The van der Waals surface area contributed by atoms with Gasteiger partial charge in [-0.25, -0.2) is 8.42 Å². The second-order valence-electron chi connectivity index (χ2n) is 7.08. The molecule has 28 heavy (non-hydrogen) atoms. The highest BCUT2D eigenvalue weighted by atomic mass is 32.2. The second-order valence-corrected chi connectivity index (χ2v) is 9.02. The zero-order valence-corrected chi connectivity index (χ0v) is 16.9. The van der Waals surface area contributed by atoms with Crippen molar-refractivity contribution in [1.29, 1.82) is 0 Å². The largest absolute Gasteiger partial charge is 0.348 e. The van der Waals surface area contributed by atoms with E-state index in [1.54, 1.807) is 28.6 Å². The van der Waals surface area contributed by atoms with Crippen molar-refractivity contribution >= 4 is 22.0 Å². The summed E-state index contributed by atoms with van der Waals surface area (Å²) in [5.74, 6) is -0.217. The van der Waals surface area contributed by atoms with Crippen LogP contribution < -0.4 is 5.32 Å². The molecule has 3 rings (SSSR count). The lowest BCUT2D eigenvalue weighted by atomic mass is 10.1. The van der Waals surface area contributed by atoms with Gasteiger partial charge >= 0.3 is 0 Å². The van der Waals surface area contributed by atoms with Crippen molar-refractivity contribution in [3.8, 4) is 0 Å². The van der Waals surface area contributed by atoms with Gasteiger partial charge in [-0.1, -0.05) is 48.4 Å². The normalized spacial score (nSPS) is 15.6. The average Bonchev–Trinajstić information content (AvgIpc) is 2.71. The van der Waals surface area contributed by atoms with Gasteiger partial charge in [-0.2, -0.15) is 4.31 Å². The number of piperidine rings is 1. The van der Waals surface area contributed by atoms with Gasteiger partial charge in [0.05, 0.1) is 4.90 Å². The fraction of sp³-hybridized carbons (Fsp3) is 0.318. The molecule has 2 aromatic rings. The first-order chi connectivity index (χ1) is 13.4. The summed E-state index contributed by atoms with van der Waals surface area (Å²) in [6.45, 7) is 3.43. The van der Waals surface area contributed by atoms with Crippen LogP contribution >= 0.6 is 0 Å². The maximum atomic E-state index is 12.8. The molecule has 0 radical (unpaired) electrons. The summed E-state index contributed by atoms with van der Waals surface area (Å²) >= 11 is 0. The molecule has 2 aromatic carbocycles. The summed E-state index contributed by atoms with van der Waals surface area (Å²) in [7, 11) is -3.47. The Bertz CT molecular complexity index is 961. The van der Waals surface area contributed by atoms with Gasteiger partial charge in [0, 0.05) is 25.7 Å². The predicted molar refractivity (Wildman–Crippen MR) is 111 cm³/mol. The molecule has 0 spiro atoms. The molecule has 1 amide bonds. The number of carbonyl (C=O) groups excluding carboxylic acids is 1. The van der Waals surface area contributed by atoms with E-state index in [-0.39, 0.29) is 17.3 Å². The van der Waals surface area contributed by atoms with E-state index in [2.05, 4.69) is 5.32 Å². The number of hydrogen-bond donors (Lipinski definition) is 1. The van der Waals surface area contributed by atoms with Crippen LogP contribution in [0.3, 0.4) is 0 Å². The van der Waals surface area contributed by atoms with E-state index in [0.717, 1.165) is 36.0 Å². The van der Waals surface area contributed by atoms with Crippen molar-refractivity contribution in [2.24, 2.45) is 0 Å². The van der Waals surface area contributed by atoms with Crippen molar-refractivity contribution in [1.82, 2.24) is 9.62 Å². The zero-order chi connectivity index (χ0) is 20.0. The van der Waals surface area contributed by atoms with Crippen molar-refractivity contribution in [3.63, 3.8) is 0 Å². The third-order valence-corrected chi connectivity index (χ3v) is 6.68. The molecular weight excluding hydrogens is 372 g/mol. The summed E-state index contributed by atoms with van der Waals surface area (Å²) in [6, 6.07) is 14.7. The Morgan fingerprint density at radius 3 is 2.57 bits per heavy atom. The topological polar surface area (TPSA) is 66.5 Å². The number of carbonyl (C=O) groups is 1. The van der Waals surface area contributed by atoms with E-state index in [4.69, 9.17) is 0 Å². The summed E-state index contributed by atoms with van der Waals surface area (Å²) in [5, 5.41) is 2.81. The summed E-state index contributed by atoms with van der Waals surface area (Å²) in [6.07, 6.45) is 6.14. The highest BCUT2D eigenvalue weighted by Crippen LogP contribution is 2.21. The van der Waals surface area contributed by atoms with Crippen LogP contribution in [0.25, 0.3) is 6.08 Å². The smallest absolute Gasteiger partial charge is 0.244 e. The van der Waals surface area contributed by atoms with Crippen LogP contribution in [0.4, 0.5) is 0 Å². The number of amides is 1. The van der Waals surface area contributed by atoms with E-state index >= 15 is 0 Å². The Hall–Kier alpha value is -2.44. The first-order valence-corrected chi connectivity index (χ1v) is 11.0. The Morgan fingerprint density at radius 2 is 1.82 bits per heavy atom. The van der Waals surface area contributed by atoms with Crippen LogP contribution in [0.15, 0.2) is 59.5 Å². The highest BCUT2D eigenvalue weighted by molar-refractivity contribution is 7.89. The SMILES string of the molecule is Cc1cccc(/C=C/C(=O)NCc2cccc(S(=O)(=O)N3CCCCC3)c2)c1. The lowest BCUT2D eigenvalue weighted by Crippen LogP contribution is -2.35. The second kappa shape index (κ2) is 9.17. The van der Waals surface area contributed by atoms with Crippen LogP contribution in [0, 0.1) is 6.92 Å². The van der Waals surface area contributed by atoms with E-state index in [0.29, 0.717) is 13.1 Å². The molecule has 1 aliphatic rings. The third kappa shape index (κ3) is 5.30. The van der Waals surface area contributed by atoms with E-state index < -0.39 is 10.0 Å². The molecule has 5 nitrogen and oxygen atoms in total. The molecule has 0 aliphatic carbocycles. The van der Waals surface area contributed by atoms with Gasteiger partial charge in [-0.05, 0) is 49.1 Å². The Kier molecular flexibility index (Phi) is 6.65. The molecule has 1 aliphatic heterocycles. The predicted octanol–water partition coefficient (Wildman–Crippen LogP) is 3.50. The van der Waals surface area contributed by atoms with E-state index in [1.165, 1.54) is 6.08 Å². The van der Waals surface area contributed by atoms with Gasteiger partial charge in [0.1, 0.15) is 0 Å². The van der Waals surface area contributed by atoms with Crippen molar-refractivity contribution in [2.75, 3.05) is 13.1 Å². The maximum absolute atomic E-state index is 12.8. The van der Waals surface area contributed by atoms with Crippen LogP contribution in [-0.2, 0) is 21.4 Å². The van der Waals surface area contributed by atoms with Crippen LogP contribution in [0.1, 0.15) is 36.0 Å². The molecule has 1 fully saturated rings. The van der Waals surface area contributed by atoms with Crippen LogP contribution in [-0.4, -0.2) is 31.7 Å². The first kappa shape index (κ1) is 20.3. The highest BCUT2D eigenvalue weighted by Gasteiger charge is 2.25. The average molecular weight is 399 g/mol. The number of benzene rings is 2. The minimum Gasteiger partial charge on any atom is -0.348 e. The monoisotopic (exact) mass is 398 g/mol. The molecule has 0 unspecified atom stereocenters. The van der Waals surface area contributed by atoms with Crippen LogP contribution in [0.2, 0.25) is 0 Å². The van der Waals surface area contributed by atoms with Gasteiger partial charge in [-0.15, -0.1) is 0 Å². The number of rotatable bonds is 6. The molecular formula is C22H26N2O3S. The fourth-order valence-electron chi connectivity index (χ4n) is 3.26. The van der Waals surface area contributed by atoms with Crippen molar-refractivity contribution in [2.45, 2.75) is 37.6 Å². The van der Waals surface area contributed by atoms with Crippen molar-refractivity contribution in [3.05, 3.63) is 71.3 Å². The van der Waals surface area contributed by atoms with Gasteiger partial charge in [0.25, 0.3) is 0 Å². The first-order valence-electron chi connectivity index (χ1n) is 9.57. The molecule has 0 bridgehead atoms. The number of nitrogens with zero attached hydrogens (tertiary/aromatic N) is 1. The van der Waals surface area contributed by atoms with Gasteiger partial charge in [0.2, 0.25) is 15.9 Å². The molecule has 0 saturated carbocycles. The minimum atomic E-state index is -3.47. The summed E-state index contributed by atoms with van der Waals surface area (Å²) < 4.78 is 27.1. The Labute approximate surface area is 167 Å². The minimum absolute atomic E-state index is 0.217. The van der Waals surface area contributed by atoms with E-state index in [1.807, 2.05) is 37.3 Å². The number of nitrogens with one attached hydrogen (secondary N) is 1. The standard InChI is InChI=1S/C22H26N2O3S/c1-18-7-5-8-19(15-18)11-12-22(25)23-17-20-9-6-10-21(16-20)28(26,27)24-13-3-2-4-14-24/h5-12,15-16H,2-4,13-14,17H2,1H3,(H,23,25)/b12-11+. The number of hydrogen-bond acceptors (Lipinski definition) is 3. The van der Waals surface area contributed by atoms with Crippen LogP contribution in [0.5, 0.6) is 0 Å². The molecule has 148 valence electrons. The van der Waals surface area contributed by atoms with Gasteiger partial charge in [-0.3, -0.25) is 4.79 Å². The molecule has 0 aromatic heterocycles. The maximum Gasteiger partial charge on any atom is 0.244 e. The van der Waals surface area contributed by atoms with Crippen molar-refractivity contribution < 1.29 is 13.2 Å². The summed E-state index contributed by atoms with van der Waals surface area (Å²) in [5.41, 5.74) is 2.86. The lowest BCUT2D eigenvalue weighted by Gasteiger charge is -2.26. The van der Waals surface area contributed by atoms with E-state index in [9.17, 15) is 13.2 Å². The lowest BCUT2D eigenvalue weighted by molar-refractivity contribution is -0.116. The Morgan fingerprint density at radius 1 is 1.07 bits per heavy atom. The quantitative estimate of drug-likeness (QED) is 0.758. The number of sulfonamides is 1. The number of aryl methyl sites for hydroxylation is 1. The fourth-order valence-corrected chi connectivity index (χ4v) is 4.85. The molecule has 0 atom stereocenters. The summed E-state index contributed by atoms with van der Waals surface area (Å²) in [4.78, 5) is 12.4. The Balaban J connectivity index is 1.62. The molecule has 6 heteroatoms. The molecule has 1 heterocycles. The zero-order valence-electron chi connectivity index (χ0n) is 16.1. The van der Waals surface area contributed by atoms with Gasteiger partial charge in [0.15, 0.2) is 0 Å².